The Balaban J connectivity index is 1.74. The summed E-state index contributed by atoms with van der Waals surface area (Å²) in [6.45, 7) is 2.06. The second-order valence-corrected chi connectivity index (χ2v) is 9.11. The highest BCUT2D eigenvalue weighted by Gasteiger charge is 2.31. The van der Waals surface area contributed by atoms with Crippen molar-refractivity contribution in [3.05, 3.63) is 77.8 Å². The summed E-state index contributed by atoms with van der Waals surface area (Å²) >= 11 is 6.03. The van der Waals surface area contributed by atoms with E-state index in [4.69, 9.17) is 11.6 Å². The third kappa shape index (κ3) is 5.20. The lowest BCUT2D eigenvalue weighted by atomic mass is 10.1. The van der Waals surface area contributed by atoms with Crippen molar-refractivity contribution >= 4 is 33.2 Å². The van der Waals surface area contributed by atoms with E-state index in [0.29, 0.717) is 17.1 Å². The van der Waals surface area contributed by atoms with Gasteiger partial charge in [0.1, 0.15) is 6.04 Å². The van der Waals surface area contributed by atoms with Crippen molar-refractivity contribution < 1.29 is 13.2 Å². The summed E-state index contributed by atoms with van der Waals surface area (Å²) in [5.74, 6) is -0.374. The van der Waals surface area contributed by atoms with Crippen molar-refractivity contribution in [1.82, 2.24) is 14.9 Å². The maximum absolute atomic E-state index is 12.9. The minimum absolute atomic E-state index is 0.284. The highest BCUT2D eigenvalue weighted by molar-refractivity contribution is 7.92. The van der Waals surface area contributed by atoms with E-state index in [1.54, 1.807) is 37.6 Å². The van der Waals surface area contributed by atoms with E-state index >= 15 is 0 Å². The van der Waals surface area contributed by atoms with E-state index in [1.165, 1.54) is 6.07 Å². The smallest absolute Gasteiger partial charge is 0.244 e. The Morgan fingerprint density at radius 1 is 1.23 bits per heavy atom. The number of hydrogen-bond donors (Lipinski definition) is 1. The predicted molar refractivity (Wildman–Crippen MR) is 118 cm³/mol. The number of sulfonamides is 1. The van der Waals surface area contributed by atoms with Gasteiger partial charge in [-0.3, -0.25) is 9.10 Å². The monoisotopic (exact) mass is 446 g/mol. The van der Waals surface area contributed by atoms with Crippen LogP contribution >= 0.6 is 11.6 Å². The molecule has 0 radical (unpaired) electrons. The van der Waals surface area contributed by atoms with Gasteiger partial charge in [0.15, 0.2) is 0 Å². The molecule has 0 aliphatic carbocycles. The summed E-state index contributed by atoms with van der Waals surface area (Å²) in [5.41, 5.74) is 2.21. The first kappa shape index (κ1) is 21.9. The van der Waals surface area contributed by atoms with E-state index in [9.17, 15) is 13.2 Å². The number of nitrogens with one attached hydrogen (secondary N) is 1. The molecule has 1 atom stereocenters. The summed E-state index contributed by atoms with van der Waals surface area (Å²) in [6, 6.07) is 13.2. The number of hydrogen-bond acceptors (Lipinski definition) is 4. The van der Waals surface area contributed by atoms with E-state index in [2.05, 4.69) is 10.3 Å². The van der Waals surface area contributed by atoms with Gasteiger partial charge >= 0.3 is 0 Å². The fraction of sp³-hybridized carbons (Fsp3) is 0.238. The van der Waals surface area contributed by atoms with Gasteiger partial charge in [-0.25, -0.2) is 13.4 Å². The fourth-order valence-corrected chi connectivity index (χ4v) is 4.57. The number of benzene rings is 2. The van der Waals surface area contributed by atoms with Gasteiger partial charge in [-0.1, -0.05) is 36.7 Å². The SMILES string of the molecule is CC[C@H](C(=O)NCc1ccc(-n2ccnc2)cc1)N(c1cccc(Cl)c1)S(C)(=O)=O. The van der Waals surface area contributed by atoms with Crippen LogP contribution in [0.15, 0.2) is 67.3 Å². The molecule has 158 valence electrons. The van der Waals surface area contributed by atoms with Crippen LogP contribution in [0, 0.1) is 0 Å². The Morgan fingerprint density at radius 2 is 1.97 bits per heavy atom. The van der Waals surface area contributed by atoms with Gasteiger partial charge < -0.3 is 9.88 Å². The van der Waals surface area contributed by atoms with E-state index in [0.717, 1.165) is 21.8 Å². The average Bonchev–Trinajstić information content (AvgIpc) is 3.24. The van der Waals surface area contributed by atoms with Crippen LogP contribution in [0.1, 0.15) is 18.9 Å². The Morgan fingerprint density at radius 3 is 2.53 bits per heavy atom. The summed E-state index contributed by atoms with van der Waals surface area (Å²) in [6.07, 6.45) is 6.65. The lowest BCUT2D eigenvalue weighted by Crippen LogP contribution is -2.49. The van der Waals surface area contributed by atoms with Crippen LogP contribution in [0.2, 0.25) is 5.02 Å². The molecule has 7 nitrogen and oxygen atoms in total. The minimum atomic E-state index is -3.70. The lowest BCUT2D eigenvalue weighted by molar-refractivity contribution is -0.122. The molecule has 2 aromatic carbocycles. The summed E-state index contributed by atoms with van der Waals surface area (Å²) in [7, 11) is -3.70. The number of anilines is 1. The fourth-order valence-electron chi connectivity index (χ4n) is 3.18. The number of aromatic nitrogens is 2. The molecule has 1 heterocycles. The molecule has 1 amide bonds. The van der Waals surface area contributed by atoms with Crippen molar-refractivity contribution in [3.63, 3.8) is 0 Å². The molecule has 0 bridgehead atoms. The lowest BCUT2D eigenvalue weighted by Gasteiger charge is -2.30. The van der Waals surface area contributed by atoms with Crippen molar-refractivity contribution in [1.29, 1.82) is 0 Å². The third-order valence-corrected chi connectivity index (χ3v) is 6.01. The maximum Gasteiger partial charge on any atom is 0.244 e. The number of rotatable bonds is 8. The average molecular weight is 447 g/mol. The zero-order valence-corrected chi connectivity index (χ0v) is 18.3. The number of nitrogens with zero attached hydrogens (tertiary/aromatic N) is 3. The highest BCUT2D eigenvalue weighted by atomic mass is 35.5. The van der Waals surface area contributed by atoms with Crippen molar-refractivity contribution in [2.45, 2.75) is 25.9 Å². The standard InChI is InChI=1S/C21H23ClN4O3S/c1-3-20(26(30(2,28)29)19-6-4-5-17(22)13-19)21(27)24-14-16-7-9-18(10-8-16)25-12-11-23-15-25/h4-13,15,20H,3,14H2,1-2H3,(H,24,27)/t20-/m1/s1. The number of amides is 1. The number of carbonyl (C=O) groups is 1. The van der Waals surface area contributed by atoms with E-state index in [-0.39, 0.29) is 12.5 Å². The van der Waals surface area contributed by atoms with Gasteiger partial charge in [-0.15, -0.1) is 0 Å². The highest BCUT2D eigenvalue weighted by Crippen LogP contribution is 2.25. The van der Waals surface area contributed by atoms with Gasteiger partial charge in [0.2, 0.25) is 15.9 Å². The quantitative estimate of drug-likeness (QED) is 0.574. The molecule has 9 heteroatoms. The Labute approximate surface area is 181 Å². The Bertz CT molecular complexity index is 1100. The summed E-state index contributed by atoms with van der Waals surface area (Å²) in [4.78, 5) is 16.9. The van der Waals surface area contributed by atoms with Crippen LogP contribution in [0.5, 0.6) is 0 Å². The minimum Gasteiger partial charge on any atom is -0.350 e. The van der Waals surface area contributed by atoms with Crippen molar-refractivity contribution in [2.24, 2.45) is 0 Å². The third-order valence-electron chi connectivity index (χ3n) is 4.60. The van der Waals surface area contributed by atoms with Crippen molar-refractivity contribution in [2.75, 3.05) is 10.6 Å². The van der Waals surface area contributed by atoms with Crippen LogP contribution in [-0.4, -0.2) is 36.2 Å². The summed E-state index contributed by atoms with van der Waals surface area (Å²) < 4.78 is 27.9. The predicted octanol–water partition coefficient (Wildman–Crippen LogP) is 3.39. The molecule has 0 saturated carbocycles. The Kier molecular flexibility index (Phi) is 6.79. The van der Waals surface area contributed by atoms with Crippen LogP contribution in [-0.2, 0) is 21.4 Å². The first-order valence-electron chi connectivity index (χ1n) is 9.39. The van der Waals surface area contributed by atoms with Gasteiger partial charge in [-0.2, -0.15) is 0 Å². The van der Waals surface area contributed by atoms with Crippen LogP contribution in [0.3, 0.4) is 0 Å². The van der Waals surface area contributed by atoms with Gasteiger partial charge in [0, 0.05) is 29.6 Å². The molecule has 0 spiro atoms. The molecule has 1 N–H and O–H groups in total. The zero-order chi connectivity index (χ0) is 21.7. The molecule has 0 saturated heterocycles. The first-order chi connectivity index (χ1) is 14.3. The molecule has 3 rings (SSSR count). The number of imidazole rings is 1. The molecular formula is C21H23ClN4O3S. The van der Waals surface area contributed by atoms with Gasteiger partial charge in [0.05, 0.1) is 18.3 Å². The second kappa shape index (κ2) is 9.32. The number of halogens is 1. The van der Waals surface area contributed by atoms with Crippen LogP contribution in [0.4, 0.5) is 5.69 Å². The second-order valence-electron chi connectivity index (χ2n) is 6.82. The molecular weight excluding hydrogens is 424 g/mol. The summed E-state index contributed by atoms with van der Waals surface area (Å²) in [5, 5.41) is 3.24. The normalized spacial score (nSPS) is 12.4. The first-order valence-corrected chi connectivity index (χ1v) is 11.6. The molecule has 30 heavy (non-hydrogen) atoms. The van der Waals surface area contributed by atoms with Crippen LogP contribution in [0.25, 0.3) is 5.69 Å². The number of carbonyl (C=O) groups excluding carboxylic acids is 1. The van der Waals surface area contributed by atoms with Crippen LogP contribution < -0.4 is 9.62 Å². The maximum atomic E-state index is 12.9. The molecule has 0 aliphatic heterocycles. The molecule has 0 aliphatic rings. The zero-order valence-electron chi connectivity index (χ0n) is 16.7. The van der Waals surface area contributed by atoms with E-state index < -0.39 is 16.1 Å². The molecule has 0 unspecified atom stereocenters. The molecule has 3 aromatic rings. The molecule has 0 fully saturated rings. The van der Waals surface area contributed by atoms with E-state index in [1.807, 2.05) is 35.0 Å². The van der Waals surface area contributed by atoms with Gasteiger partial charge in [0.25, 0.3) is 0 Å². The topological polar surface area (TPSA) is 84.3 Å². The Hall–Kier alpha value is -2.84. The molecule has 1 aromatic heterocycles. The van der Waals surface area contributed by atoms with Gasteiger partial charge in [-0.05, 0) is 42.3 Å². The van der Waals surface area contributed by atoms with Crippen molar-refractivity contribution in [3.8, 4) is 5.69 Å². The largest absolute Gasteiger partial charge is 0.350 e.